The van der Waals surface area contributed by atoms with Crippen LogP contribution in [0, 0.1) is 6.92 Å². The Morgan fingerprint density at radius 3 is 2.45 bits per heavy atom. The average molecular weight is 295 g/mol. The van der Waals surface area contributed by atoms with Crippen molar-refractivity contribution in [3.05, 3.63) is 64.1 Å². The minimum absolute atomic E-state index is 0.0860. The second kappa shape index (κ2) is 5.18. The quantitative estimate of drug-likeness (QED) is 0.789. The van der Waals surface area contributed by atoms with E-state index in [9.17, 15) is 9.59 Å². The first-order valence-electron chi connectivity index (χ1n) is 7.01. The van der Waals surface area contributed by atoms with Crippen molar-refractivity contribution >= 4 is 22.6 Å². The first kappa shape index (κ1) is 14.1. The number of rotatable bonds is 2. The minimum atomic E-state index is -0.163. The fourth-order valence-electron chi connectivity index (χ4n) is 2.57. The van der Waals surface area contributed by atoms with Crippen LogP contribution >= 0.6 is 0 Å². The number of imidazole rings is 1. The highest BCUT2D eigenvalue weighted by Crippen LogP contribution is 2.18. The zero-order valence-electron chi connectivity index (χ0n) is 12.8. The van der Waals surface area contributed by atoms with Crippen LogP contribution < -0.4 is 11.0 Å². The molecule has 0 atom stereocenters. The highest BCUT2D eigenvalue weighted by atomic mass is 16.2. The highest BCUT2D eigenvalue weighted by Gasteiger charge is 2.10. The van der Waals surface area contributed by atoms with Crippen molar-refractivity contribution < 1.29 is 4.79 Å². The van der Waals surface area contributed by atoms with Crippen LogP contribution in [-0.2, 0) is 14.1 Å². The summed E-state index contributed by atoms with van der Waals surface area (Å²) in [6.07, 6.45) is 0. The number of nitrogens with zero attached hydrogens (tertiary/aromatic N) is 2. The van der Waals surface area contributed by atoms with Gasteiger partial charge in [-0.15, -0.1) is 0 Å². The Morgan fingerprint density at radius 1 is 1.00 bits per heavy atom. The molecule has 0 aliphatic rings. The number of amides is 1. The maximum Gasteiger partial charge on any atom is 0.328 e. The molecule has 2 aromatic carbocycles. The fraction of sp³-hybridized carbons (Fsp3) is 0.176. The molecule has 0 saturated heterocycles. The van der Waals surface area contributed by atoms with Crippen LogP contribution in [0.2, 0.25) is 0 Å². The van der Waals surface area contributed by atoms with Crippen LogP contribution in [0.1, 0.15) is 15.9 Å². The maximum atomic E-state index is 12.3. The van der Waals surface area contributed by atoms with Crippen LogP contribution in [0.25, 0.3) is 11.0 Å². The number of fused-ring (bicyclic) bond motifs is 1. The first-order chi connectivity index (χ1) is 10.5. The first-order valence-corrected chi connectivity index (χ1v) is 7.01. The third kappa shape index (κ3) is 2.30. The van der Waals surface area contributed by atoms with Crippen molar-refractivity contribution in [3.63, 3.8) is 0 Å². The molecule has 0 aliphatic carbocycles. The molecule has 1 heterocycles. The van der Waals surface area contributed by atoms with Gasteiger partial charge in [0.05, 0.1) is 11.0 Å². The van der Waals surface area contributed by atoms with Crippen molar-refractivity contribution in [1.29, 1.82) is 0 Å². The molecule has 3 rings (SSSR count). The lowest BCUT2D eigenvalue weighted by atomic mass is 10.1. The lowest BCUT2D eigenvalue weighted by molar-refractivity contribution is 0.102. The van der Waals surface area contributed by atoms with Gasteiger partial charge < -0.3 is 5.32 Å². The Bertz CT molecular complexity index is 935. The molecular formula is C17H17N3O2. The lowest BCUT2D eigenvalue weighted by Crippen LogP contribution is -2.19. The summed E-state index contributed by atoms with van der Waals surface area (Å²) in [4.78, 5) is 24.2. The van der Waals surface area contributed by atoms with Crippen LogP contribution in [-0.4, -0.2) is 15.0 Å². The van der Waals surface area contributed by atoms with Crippen molar-refractivity contribution in [2.45, 2.75) is 6.92 Å². The number of hydrogen-bond donors (Lipinski definition) is 1. The largest absolute Gasteiger partial charge is 0.328 e. The molecule has 1 aromatic heterocycles. The third-order valence-electron chi connectivity index (χ3n) is 3.81. The number of anilines is 1. The van der Waals surface area contributed by atoms with Gasteiger partial charge in [0.2, 0.25) is 0 Å². The number of carbonyl (C=O) groups excluding carboxylic acids is 1. The van der Waals surface area contributed by atoms with E-state index < -0.39 is 0 Å². The summed E-state index contributed by atoms with van der Waals surface area (Å²) >= 11 is 0. The van der Waals surface area contributed by atoms with E-state index in [-0.39, 0.29) is 11.6 Å². The maximum absolute atomic E-state index is 12.3. The molecule has 0 aliphatic heterocycles. The van der Waals surface area contributed by atoms with Gasteiger partial charge in [-0.3, -0.25) is 13.9 Å². The molecule has 0 saturated carbocycles. The van der Waals surface area contributed by atoms with Crippen molar-refractivity contribution in [2.24, 2.45) is 14.1 Å². The Balaban J connectivity index is 1.96. The molecular weight excluding hydrogens is 278 g/mol. The van der Waals surface area contributed by atoms with E-state index in [2.05, 4.69) is 5.32 Å². The Kier molecular flexibility index (Phi) is 3.33. The van der Waals surface area contributed by atoms with Gasteiger partial charge in [0.25, 0.3) is 5.91 Å². The van der Waals surface area contributed by atoms with E-state index in [1.54, 1.807) is 35.4 Å². The highest BCUT2D eigenvalue weighted by molar-refractivity contribution is 6.05. The van der Waals surface area contributed by atoms with Crippen molar-refractivity contribution in [3.8, 4) is 0 Å². The van der Waals surface area contributed by atoms with Crippen molar-refractivity contribution in [1.82, 2.24) is 9.13 Å². The topological polar surface area (TPSA) is 56.0 Å². The zero-order valence-corrected chi connectivity index (χ0v) is 12.8. The fourth-order valence-corrected chi connectivity index (χ4v) is 2.57. The Morgan fingerprint density at radius 2 is 1.73 bits per heavy atom. The van der Waals surface area contributed by atoms with E-state index in [4.69, 9.17) is 0 Å². The molecule has 0 unspecified atom stereocenters. The Hall–Kier alpha value is -2.82. The van der Waals surface area contributed by atoms with E-state index >= 15 is 0 Å². The molecule has 1 N–H and O–H groups in total. The summed E-state index contributed by atoms with van der Waals surface area (Å²) in [6.45, 7) is 1.95. The molecule has 22 heavy (non-hydrogen) atoms. The van der Waals surface area contributed by atoms with Crippen LogP contribution in [0.3, 0.4) is 0 Å². The number of nitrogens with one attached hydrogen (secondary N) is 1. The summed E-state index contributed by atoms with van der Waals surface area (Å²) < 4.78 is 3.15. The van der Waals surface area contributed by atoms with E-state index in [1.165, 1.54) is 0 Å². The van der Waals surface area contributed by atoms with Crippen LogP contribution in [0.5, 0.6) is 0 Å². The average Bonchev–Trinajstić information content (AvgIpc) is 2.72. The predicted octanol–water partition coefficient (Wildman–Crippen LogP) is 2.44. The van der Waals surface area contributed by atoms with Gasteiger partial charge >= 0.3 is 5.69 Å². The molecule has 0 radical (unpaired) electrons. The van der Waals surface area contributed by atoms with Gasteiger partial charge in [0.1, 0.15) is 0 Å². The summed E-state index contributed by atoms with van der Waals surface area (Å²) in [5.41, 5.74) is 3.85. The SMILES string of the molecule is Cc1cccc(C(=O)Nc2ccc3c(c2)n(C)c(=O)n3C)c1. The van der Waals surface area contributed by atoms with E-state index in [0.717, 1.165) is 16.6 Å². The van der Waals surface area contributed by atoms with Gasteiger partial charge in [-0.2, -0.15) is 0 Å². The van der Waals surface area contributed by atoms with Crippen LogP contribution in [0.15, 0.2) is 47.3 Å². The number of carbonyl (C=O) groups is 1. The smallest absolute Gasteiger partial charge is 0.322 e. The summed E-state index contributed by atoms with van der Waals surface area (Å²) in [6, 6.07) is 12.9. The standard InChI is InChI=1S/C17H17N3O2/c1-11-5-4-6-12(9-11)16(21)18-13-7-8-14-15(10-13)20(3)17(22)19(14)2/h4-10H,1-3H3,(H,18,21). The second-order valence-electron chi connectivity index (χ2n) is 5.43. The Labute approximate surface area is 127 Å². The zero-order chi connectivity index (χ0) is 15.9. The molecule has 0 bridgehead atoms. The monoisotopic (exact) mass is 295 g/mol. The second-order valence-corrected chi connectivity index (χ2v) is 5.43. The van der Waals surface area contributed by atoms with E-state index in [1.807, 2.05) is 37.3 Å². The van der Waals surface area contributed by atoms with Gasteiger partial charge in [0.15, 0.2) is 0 Å². The third-order valence-corrected chi connectivity index (χ3v) is 3.81. The molecule has 0 fully saturated rings. The molecule has 1 amide bonds. The number of benzene rings is 2. The molecule has 0 spiro atoms. The molecule has 5 nitrogen and oxygen atoms in total. The predicted molar refractivity (Wildman–Crippen MR) is 87.3 cm³/mol. The lowest BCUT2D eigenvalue weighted by Gasteiger charge is -2.06. The number of hydrogen-bond acceptors (Lipinski definition) is 2. The van der Waals surface area contributed by atoms with Gasteiger partial charge in [0, 0.05) is 25.3 Å². The molecule has 5 heteroatoms. The molecule has 112 valence electrons. The normalized spacial score (nSPS) is 10.9. The van der Waals surface area contributed by atoms with Gasteiger partial charge in [-0.05, 0) is 37.3 Å². The van der Waals surface area contributed by atoms with Crippen LogP contribution in [0.4, 0.5) is 5.69 Å². The van der Waals surface area contributed by atoms with Gasteiger partial charge in [-0.25, -0.2) is 4.79 Å². The molecule has 3 aromatic rings. The van der Waals surface area contributed by atoms with E-state index in [0.29, 0.717) is 11.3 Å². The van der Waals surface area contributed by atoms with Crippen molar-refractivity contribution in [2.75, 3.05) is 5.32 Å². The number of aryl methyl sites for hydroxylation is 3. The summed E-state index contributed by atoms with van der Waals surface area (Å²) in [5, 5.41) is 2.87. The summed E-state index contributed by atoms with van der Waals surface area (Å²) in [7, 11) is 3.45. The van der Waals surface area contributed by atoms with Gasteiger partial charge in [-0.1, -0.05) is 17.7 Å². The summed E-state index contributed by atoms with van der Waals surface area (Å²) in [5.74, 6) is -0.163. The minimum Gasteiger partial charge on any atom is -0.322 e. The number of aromatic nitrogens is 2.